The van der Waals surface area contributed by atoms with Gasteiger partial charge in [0, 0.05) is 11.6 Å². The van der Waals surface area contributed by atoms with Crippen LogP contribution in [0.15, 0.2) is 70.4 Å². The Morgan fingerprint density at radius 1 is 1.08 bits per heavy atom. The Hall–Kier alpha value is -3.71. The van der Waals surface area contributed by atoms with E-state index in [4.69, 9.17) is 10.1 Å². The molecule has 0 unspecified atom stereocenters. The van der Waals surface area contributed by atoms with Gasteiger partial charge in [0.1, 0.15) is 5.69 Å². The Bertz CT molecular complexity index is 1580. The summed E-state index contributed by atoms with van der Waals surface area (Å²) >= 11 is 1.30. The van der Waals surface area contributed by atoms with Gasteiger partial charge in [-0.1, -0.05) is 67.6 Å². The number of aromatic nitrogens is 3. The van der Waals surface area contributed by atoms with Crippen molar-refractivity contribution < 1.29 is 13.2 Å². The van der Waals surface area contributed by atoms with E-state index in [0.29, 0.717) is 29.5 Å². The van der Waals surface area contributed by atoms with Crippen LogP contribution in [0.2, 0.25) is 0 Å². The molecule has 2 heterocycles. The van der Waals surface area contributed by atoms with Crippen molar-refractivity contribution in [3.63, 3.8) is 0 Å². The third kappa shape index (κ3) is 6.78. The van der Waals surface area contributed by atoms with E-state index in [1.165, 1.54) is 23.5 Å². The molecule has 12 heteroatoms. The highest BCUT2D eigenvalue weighted by Gasteiger charge is 2.21. The number of hydrogen-bond donors (Lipinski definition) is 4. The zero-order chi connectivity index (χ0) is 27.3. The van der Waals surface area contributed by atoms with Crippen molar-refractivity contribution in [3.8, 4) is 21.8 Å². The molecule has 0 aliphatic rings. The van der Waals surface area contributed by atoms with E-state index in [9.17, 15) is 18.0 Å². The van der Waals surface area contributed by atoms with E-state index in [2.05, 4.69) is 20.8 Å². The van der Waals surface area contributed by atoms with Crippen molar-refractivity contribution in [2.24, 2.45) is 5.14 Å². The van der Waals surface area contributed by atoms with Crippen molar-refractivity contribution in [1.82, 2.24) is 20.5 Å². The van der Waals surface area contributed by atoms with Gasteiger partial charge in [-0.2, -0.15) is 5.10 Å². The number of primary sulfonamides is 1. The molecule has 0 spiro atoms. The summed E-state index contributed by atoms with van der Waals surface area (Å²) in [5.41, 5.74) is 3.60. The van der Waals surface area contributed by atoms with Crippen LogP contribution >= 0.6 is 11.3 Å². The predicted octanol–water partition coefficient (Wildman–Crippen LogP) is 3.10. The number of carbonyl (C=O) groups excluding carboxylic acids is 1. The Morgan fingerprint density at radius 3 is 2.45 bits per heavy atom. The fraction of sp³-hybridized carbons (Fsp3) is 0.231. The third-order valence-electron chi connectivity index (χ3n) is 5.72. The average Bonchev–Trinajstić information content (AvgIpc) is 3.30. The minimum atomic E-state index is -3.72. The molecule has 38 heavy (non-hydrogen) atoms. The molecule has 2 aromatic carbocycles. The maximum Gasteiger partial charge on any atom is 0.264 e. The molecule has 5 N–H and O–H groups in total. The summed E-state index contributed by atoms with van der Waals surface area (Å²) < 4.78 is 22.7. The van der Waals surface area contributed by atoms with Gasteiger partial charge >= 0.3 is 0 Å². The predicted molar refractivity (Wildman–Crippen MR) is 149 cm³/mol. The van der Waals surface area contributed by atoms with Crippen molar-refractivity contribution >= 4 is 32.4 Å². The first-order valence-corrected chi connectivity index (χ1v) is 14.3. The SMILES string of the molecule is CC(C)c1cc(=O)[nH]nc1-c1sc(NC(=O)CNCCc2ccc(S(N)(=O)=O)cc2)nc1-c1ccccc1. The van der Waals surface area contributed by atoms with Crippen LogP contribution in [-0.4, -0.2) is 42.6 Å². The molecule has 4 rings (SSSR count). The number of carbonyl (C=O) groups is 1. The molecule has 0 aliphatic heterocycles. The first kappa shape index (κ1) is 27.3. The van der Waals surface area contributed by atoms with Crippen molar-refractivity contribution in [2.45, 2.75) is 31.1 Å². The van der Waals surface area contributed by atoms with Crippen LogP contribution in [0.1, 0.15) is 30.9 Å². The highest BCUT2D eigenvalue weighted by atomic mass is 32.2. The molecule has 0 saturated carbocycles. The van der Waals surface area contributed by atoms with Gasteiger partial charge in [0.15, 0.2) is 5.13 Å². The van der Waals surface area contributed by atoms with E-state index >= 15 is 0 Å². The lowest BCUT2D eigenvalue weighted by molar-refractivity contribution is -0.115. The van der Waals surface area contributed by atoms with Gasteiger partial charge in [-0.15, -0.1) is 0 Å². The summed E-state index contributed by atoms with van der Waals surface area (Å²) in [5.74, 6) is -0.198. The van der Waals surface area contributed by atoms with Crippen LogP contribution in [-0.2, 0) is 21.2 Å². The number of aromatic amines is 1. The molecule has 10 nitrogen and oxygen atoms in total. The van der Waals surface area contributed by atoms with Crippen molar-refractivity contribution in [2.75, 3.05) is 18.4 Å². The molecule has 0 saturated heterocycles. The second-order valence-corrected chi connectivity index (χ2v) is 11.5. The van der Waals surface area contributed by atoms with Gasteiger partial charge < -0.3 is 10.6 Å². The molecule has 1 amide bonds. The maximum atomic E-state index is 12.6. The largest absolute Gasteiger partial charge is 0.308 e. The Labute approximate surface area is 224 Å². The molecule has 0 radical (unpaired) electrons. The van der Waals surface area contributed by atoms with Crippen molar-refractivity contribution in [3.05, 3.63) is 82.1 Å². The second kappa shape index (κ2) is 11.8. The minimum Gasteiger partial charge on any atom is -0.308 e. The molecular formula is C26H28N6O4S2. The van der Waals surface area contributed by atoms with Gasteiger partial charge in [-0.05, 0) is 42.1 Å². The number of rotatable bonds is 10. The monoisotopic (exact) mass is 552 g/mol. The molecule has 4 aromatic rings. The smallest absolute Gasteiger partial charge is 0.264 e. The normalized spacial score (nSPS) is 11.6. The lowest BCUT2D eigenvalue weighted by atomic mass is 10.00. The highest BCUT2D eigenvalue weighted by molar-refractivity contribution is 7.89. The number of nitrogens with two attached hydrogens (primary N) is 1. The number of hydrogen-bond acceptors (Lipinski definition) is 8. The van der Waals surface area contributed by atoms with E-state index < -0.39 is 10.0 Å². The maximum absolute atomic E-state index is 12.6. The lowest BCUT2D eigenvalue weighted by Crippen LogP contribution is -2.29. The van der Waals surface area contributed by atoms with Gasteiger partial charge in [0.2, 0.25) is 15.9 Å². The molecule has 0 atom stereocenters. The van der Waals surface area contributed by atoms with Gasteiger partial charge in [0.25, 0.3) is 5.56 Å². The minimum absolute atomic E-state index is 0.0590. The average molecular weight is 553 g/mol. The first-order chi connectivity index (χ1) is 18.1. The van der Waals surface area contributed by atoms with Gasteiger partial charge in [0.05, 0.1) is 22.0 Å². The Kier molecular flexibility index (Phi) is 8.47. The summed E-state index contributed by atoms with van der Waals surface area (Å²) in [7, 11) is -3.72. The molecule has 0 aliphatic carbocycles. The fourth-order valence-corrected chi connectivity index (χ4v) is 5.34. The number of amides is 1. The van der Waals surface area contributed by atoms with Crippen LogP contribution in [0, 0.1) is 0 Å². The topological polar surface area (TPSA) is 160 Å². The summed E-state index contributed by atoms with van der Waals surface area (Å²) in [4.78, 5) is 30.1. The zero-order valence-corrected chi connectivity index (χ0v) is 22.5. The van der Waals surface area contributed by atoms with Crippen LogP contribution in [0.5, 0.6) is 0 Å². The Balaban J connectivity index is 1.46. The number of H-pyrrole nitrogens is 1. The lowest BCUT2D eigenvalue weighted by Gasteiger charge is -2.10. The number of thiazole rings is 1. The summed E-state index contributed by atoms with van der Waals surface area (Å²) in [6.07, 6.45) is 0.605. The van der Waals surface area contributed by atoms with Crippen LogP contribution in [0.3, 0.4) is 0 Å². The van der Waals surface area contributed by atoms with Crippen molar-refractivity contribution in [1.29, 1.82) is 0 Å². The van der Waals surface area contributed by atoms with Crippen LogP contribution in [0.25, 0.3) is 21.8 Å². The van der Waals surface area contributed by atoms with Gasteiger partial charge in [-0.3, -0.25) is 9.59 Å². The molecule has 0 fully saturated rings. The van der Waals surface area contributed by atoms with Crippen LogP contribution in [0.4, 0.5) is 5.13 Å². The molecule has 0 bridgehead atoms. The first-order valence-electron chi connectivity index (χ1n) is 11.9. The highest BCUT2D eigenvalue weighted by Crippen LogP contribution is 2.40. The number of benzene rings is 2. The molecular weight excluding hydrogens is 524 g/mol. The molecule has 2 aromatic heterocycles. The quantitative estimate of drug-likeness (QED) is 0.220. The van der Waals surface area contributed by atoms with E-state index in [1.807, 2.05) is 44.2 Å². The molecule has 198 valence electrons. The van der Waals surface area contributed by atoms with Gasteiger partial charge in [-0.25, -0.2) is 23.6 Å². The van der Waals surface area contributed by atoms with E-state index in [1.54, 1.807) is 18.2 Å². The summed E-state index contributed by atoms with van der Waals surface area (Å²) in [6, 6.07) is 17.5. The van der Waals surface area contributed by atoms with E-state index in [0.717, 1.165) is 21.6 Å². The number of nitrogens with one attached hydrogen (secondary N) is 3. The Morgan fingerprint density at radius 2 is 1.79 bits per heavy atom. The van der Waals surface area contributed by atoms with E-state index in [-0.39, 0.29) is 28.8 Å². The third-order valence-corrected chi connectivity index (χ3v) is 7.63. The summed E-state index contributed by atoms with van der Waals surface area (Å²) in [6.45, 7) is 4.57. The standard InChI is InChI=1S/C26H28N6O4S2/c1-16(2)20-14-21(33)31-32-24(20)25-23(18-6-4-3-5-7-18)30-26(37-25)29-22(34)15-28-13-12-17-8-10-19(11-9-17)38(27,35)36/h3-11,14,16,28H,12-13,15H2,1-2H3,(H,31,33)(H2,27,35,36)(H,29,30,34). The fourth-order valence-electron chi connectivity index (χ4n) is 3.81. The van der Waals surface area contributed by atoms with Crippen LogP contribution < -0.4 is 21.3 Å². The number of nitrogens with zero attached hydrogens (tertiary/aromatic N) is 2. The number of sulfonamides is 1. The second-order valence-electron chi connectivity index (χ2n) is 8.92. The zero-order valence-electron chi connectivity index (χ0n) is 20.9. The summed E-state index contributed by atoms with van der Waals surface area (Å²) in [5, 5.41) is 18.3. The number of anilines is 1.